The van der Waals surface area contributed by atoms with E-state index in [1.807, 2.05) is 113 Å². The van der Waals surface area contributed by atoms with Crippen molar-refractivity contribution in [1.82, 2.24) is 35.3 Å². The molecule has 0 radical (unpaired) electrons. The van der Waals surface area contributed by atoms with Crippen LogP contribution in [0.3, 0.4) is 0 Å². The zero-order valence-corrected chi connectivity index (χ0v) is 44.8. The maximum atomic E-state index is 16.0. The highest BCUT2D eigenvalue weighted by Gasteiger charge is 2.45. The monoisotopic (exact) mass is 1050 g/mol. The number of halogens is 3. The Morgan fingerprint density at radius 1 is 0.932 bits per heavy atom. The van der Waals surface area contributed by atoms with E-state index in [4.69, 9.17) is 18.9 Å². The van der Waals surface area contributed by atoms with Crippen LogP contribution in [0.2, 0.25) is 0 Å². The van der Waals surface area contributed by atoms with E-state index < -0.39 is 70.7 Å². The van der Waals surface area contributed by atoms with Gasteiger partial charge in [0, 0.05) is 66.4 Å². The fraction of sp³-hybridized carbons (Fsp3) is 0.527. The predicted octanol–water partition coefficient (Wildman–Crippen LogP) is 7.30. The second-order valence-electron chi connectivity index (χ2n) is 21.3. The van der Waals surface area contributed by atoms with Gasteiger partial charge in [0.1, 0.15) is 48.4 Å². The van der Waals surface area contributed by atoms with Crippen molar-refractivity contribution in [2.75, 3.05) is 80.0 Å². The maximum Gasteiger partial charge on any atom is 0.246 e. The predicted molar refractivity (Wildman–Crippen MR) is 279 cm³/mol. The molecule has 5 aromatic rings. The molecule has 2 aliphatic rings. The molecule has 0 spiro atoms. The number of nitrogens with one attached hydrogen (secondary N) is 3. The summed E-state index contributed by atoms with van der Waals surface area (Å²) in [6, 6.07) is 14.5. The molecule has 74 heavy (non-hydrogen) atoms. The number of β-amino-alcohol motifs (C(OH)–C–C–N with tert-alkyl or cyclic N) is 1. The molecule has 6 atom stereocenters. The number of hydrogen-bond donors (Lipinski definition) is 4. The second-order valence-corrected chi connectivity index (χ2v) is 22.2. The number of carbonyl (C=O) groups excluding carboxylic acids is 3. The lowest BCUT2D eigenvalue weighted by Crippen LogP contribution is -2.58. The fourth-order valence-corrected chi connectivity index (χ4v) is 10.7. The summed E-state index contributed by atoms with van der Waals surface area (Å²) in [5.74, 6) is -3.02. The number of hydrogen-bond acceptors (Lipinski definition) is 12. The molecule has 3 amide bonds. The third-order valence-corrected chi connectivity index (χ3v) is 14.3. The van der Waals surface area contributed by atoms with Crippen LogP contribution in [0.15, 0.2) is 66.2 Å². The number of fused-ring (bicyclic) bond motifs is 3. The molecular weight excluding hydrogens is 976 g/mol. The number of aryl methyl sites for hydroxylation is 1. The standard InChI is InChI=1S/C55H72F3N7O8S/c1-33-24-40-39-12-10-11-13-43(39)60-48(40)49(65(33)31-55(6,7)58)47-41(56)26-38(27-42(47)57)73-23-22-71-19-18-70-20-21-72-30-46(67)62-51(54(3,4)5)53(69)64-28-37(66)25-45(64)52(68)61-44(29-63(8)9)35-14-16-36(17-15-35)50-34(2)59-32-74-50/h10-17,26-27,32-33,37,44-45,49,51,60,66H,18-25,28-31H2,1-9H3,(H,61,68)(H,62,67)/t33-,37-,44-,45+,49?,51-/m1/s1. The van der Waals surface area contributed by atoms with Crippen LogP contribution in [-0.2, 0) is 35.0 Å². The molecule has 0 bridgehead atoms. The van der Waals surface area contributed by atoms with Crippen LogP contribution >= 0.6 is 11.3 Å². The molecule has 0 aliphatic carbocycles. The van der Waals surface area contributed by atoms with Gasteiger partial charge in [-0.1, -0.05) is 63.2 Å². The van der Waals surface area contributed by atoms with Crippen LogP contribution < -0.4 is 15.4 Å². The lowest BCUT2D eigenvalue weighted by Gasteiger charge is -2.43. The highest BCUT2D eigenvalue weighted by molar-refractivity contribution is 7.13. The van der Waals surface area contributed by atoms with E-state index in [0.717, 1.165) is 50.3 Å². The van der Waals surface area contributed by atoms with Crippen LogP contribution in [0.5, 0.6) is 5.75 Å². The number of nitrogens with zero attached hydrogens (tertiary/aromatic N) is 4. The number of aliphatic hydroxyl groups excluding tert-OH is 1. The molecule has 1 fully saturated rings. The van der Waals surface area contributed by atoms with Crippen molar-refractivity contribution in [3.8, 4) is 16.2 Å². The third-order valence-electron chi connectivity index (χ3n) is 13.3. The van der Waals surface area contributed by atoms with Gasteiger partial charge in [-0.05, 0) is 76.4 Å². The number of amides is 3. The first-order valence-electron chi connectivity index (χ1n) is 25.2. The number of rotatable bonds is 23. The second kappa shape index (κ2) is 24.5. The summed E-state index contributed by atoms with van der Waals surface area (Å²) in [5, 5.41) is 17.7. The number of aliphatic hydroxyl groups is 1. The number of aromatic amines is 1. The van der Waals surface area contributed by atoms with Gasteiger partial charge in [0.15, 0.2) is 0 Å². The molecule has 1 unspecified atom stereocenters. The fourth-order valence-electron chi connectivity index (χ4n) is 9.86. The summed E-state index contributed by atoms with van der Waals surface area (Å²) in [4.78, 5) is 55.3. The van der Waals surface area contributed by atoms with E-state index in [1.165, 1.54) is 18.7 Å². The first kappa shape index (κ1) is 56.3. The quantitative estimate of drug-likeness (QED) is 0.0485. The maximum absolute atomic E-state index is 16.0. The smallest absolute Gasteiger partial charge is 0.246 e. The summed E-state index contributed by atoms with van der Waals surface area (Å²) in [5.41, 5.74) is 4.59. The Balaban J connectivity index is 0.832. The molecule has 0 saturated carbocycles. The molecule has 2 aliphatic heterocycles. The van der Waals surface area contributed by atoms with Crippen LogP contribution in [0.25, 0.3) is 21.3 Å². The first-order valence-corrected chi connectivity index (χ1v) is 26.1. The number of H-pyrrole nitrogens is 1. The summed E-state index contributed by atoms with van der Waals surface area (Å²) in [6.45, 7) is 13.0. The van der Waals surface area contributed by atoms with E-state index in [1.54, 1.807) is 11.3 Å². The van der Waals surface area contributed by atoms with Gasteiger partial charge in [-0.3, -0.25) is 19.3 Å². The Bertz CT molecular complexity index is 2680. The van der Waals surface area contributed by atoms with E-state index in [0.29, 0.717) is 18.7 Å². The van der Waals surface area contributed by atoms with E-state index in [9.17, 15) is 19.5 Å². The molecule has 15 nitrogen and oxygen atoms in total. The van der Waals surface area contributed by atoms with Crippen molar-refractivity contribution in [2.24, 2.45) is 5.41 Å². The molecule has 1 saturated heterocycles. The molecule has 4 heterocycles. The van der Waals surface area contributed by atoms with Crippen molar-refractivity contribution >= 4 is 40.0 Å². The number of alkyl halides is 1. The zero-order chi connectivity index (χ0) is 53.5. The van der Waals surface area contributed by atoms with Crippen molar-refractivity contribution in [3.63, 3.8) is 0 Å². The van der Waals surface area contributed by atoms with Gasteiger partial charge in [-0.15, -0.1) is 11.3 Å². The Morgan fingerprint density at radius 3 is 2.20 bits per heavy atom. The SMILES string of the molecule is Cc1ncsc1-c1ccc([C@@H](CN(C)C)NC(=O)[C@@H]2C[C@@H](O)CN2C(=O)[C@@H](NC(=O)COCCOCCOCCOc2cc(F)c(C3c4[nH]c5ccccc5c4C[C@@H](C)N3CC(C)(C)F)c(F)c2)C(C)(C)C)cc1. The largest absolute Gasteiger partial charge is 0.491 e. The molecule has 7 rings (SSSR count). The number of likely N-dealkylation sites (N-methyl/N-ethyl adjacent to an activating group) is 1. The Hall–Kier alpha value is -5.41. The average Bonchev–Trinajstić information content (AvgIpc) is 4.05. The Kier molecular flexibility index (Phi) is 18.7. The van der Waals surface area contributed by atoms with E-state index in [-0.39, 0.29) is 83.1 Å². The van der Waals surface area contributed by atoms with E-state index >= 15 is 13.2 Å². The number of thiazole rings is 1. The Morgan fingerprint density at radius 2 is 1.58 bits per heavy atom. The molecule has 402 valence electrons. The number of para-hydroxylation sites is 1. The highest BCUT2D eigenvalue weighted by atomic mass is 32.1. The minimum absolute atomic E-state index is 0.00605. The Labute approximate surface area is 436 Å². The summed E-state index contributed by atoms with van der Waals surface area (Å²) in [7, 11) is 3.82. The highest BCUT2D eigenvalue weighted by Crippen LogP contribution is 2.44. The zero-order valence-electron chi connectivity index (χ0n) is 43.9. The molecular formula is C55H72F3N7O8S. The molecule has 3 aromatic carbocycles. The summed E-state index contributed by atoms with van der Waals surface area (Å²) in [6.07, 6.45) is -0.273. The van der Waals surface area contributed by atoms with Gasteiger partial charge >= 0.3 is 0 Å². The van der Waals surface area contributed by atoms with Gasteiger partial charge in [0.2, 0.25) is 17.7 Å². The minimum Gasteiger partial charge on any atom is -0.491 e. The van der Waals surface area contributed by atoms with Gasteiger partial charge < -0.3 is 49.5 Å². The van der Waals surface area contributed by atoms with Crippen molar-refractivity contribution in [3.05, 3.63) is 106 Å². The number of carbonyl (C=O) groups is 3. The minimum atomic E-state index is -1.61. The summed E-state index contributed by atoms with van der Waals surface area (Å²) >= 11 is 1.56. The number of aromatic nitrogens is 2. The van der Waals surface area contributed by atoms with Crippen LogP contribution in [-0.4, -0.2) is 157 Å². The number of ether oxygens (including phenoxy) is 4. The normalized spacial score (nSPS) is 19.2. The molecule has 4 N–H and O–H groups in total. The van der Waals surface area contributed by atoms with Crippen LogP contribution in [0.1, 0.15) is 88.1 Å². The van der Waals surface area contributed by atoms with Gasteiger partial charge in [0.25, 0.3) is 0 Å². The number of likely N-dealkylation sites (tertiary alicyclic amines) is 1. The van der Waals surface area contributed by atoms with Crippen molar-refractivity contribution in [2.45, 2.75) is 103 Å². The summed E-state index contributed by atoms with van der Waals surface area (Å²) < 4.78 is 69.6. The first-order chi connectivity index (χ1) is 35.1. The lowest BCUT2D eigenvalue weighted by molar-refractivity contribution is -0.144. The van der Waals surface area contributed by atoms with Crippen molar-refractivity contribution in [1.29, 1.82) is 0 Å². The third kappa shape index (κ3) is 14.1. The van der Waals surface area contributed by atoms with Crippen molar-refractivity contribution < 1.29 is 51.6 Å². The van der Waals surface area contributed by atoms with Gasteiger partial charge in [-0.25, -0.2) is 18.2 Å². The average molecular weight is 1050 g/mol. The lowest BCUT2D eigenvalue weighted by atomic mass is 9.85. The van der Waals surface area contributed by atoms with Gasteiger partial charge in [0.05, 0.1) is 67.3 Å². The van der Waals surface area contributed by atoms with E-state index in [2.05, 4.69) is 20.6 Å². The van der Waals surface area contributed by atoms with Gasteiger partial charge in [-0.2, -0.15) is 0 Å². The molecule has 19 heteroatoms. The van der Waals surface area contributed by atoms with Crippen LogP contribution in [0.4, 0.5) is 13.2 Å². The molecule has 2 aromatic heterocycles. The number of benzene rings is 3. The topological polar surface area (TPSA) is 171 Å². The van der Waals surface area contributed by atoms with Crippen LogP contribution in [0, 0.1) is 24.0 Å².